The van der Waals surface area contributed by atoms with Gasteiger partial charge < -0.3 is 0 Å². The number of hydrogen-bond acceptors (Lipinski definition) is 4. The Kier molecular flexibility index (Phi) is 4.16. The van der Waals surface area contributed by atoms with E-state index in [0.29, 0.717) is 17.9 Å². The highest BCUT2D eigenvalue weighted by Crippen LogP contribution is 2.17. The summed E-state index contributed by atoms with van der Waals surface area (Å²) in [6.07, 6.45) is 3.63. The predicted molar refractivity (Wildman–Crippen MR) is 76.4 cm³/mol. The third-order valence-electron chi connectivity index (χ3n) is 2.40. The first-order chi connectivity index (χ1) is 9.01. The van der Waals surface area contributed by atoms with Crippen molar-refractivity contribution < 1.29 is 8.42 Å². The van der Waals surface area contributed by atoms with E-state index in [0.717, 1.165) is 4.47 Å². The van der Waals surface area contributed by atoms with Crippen LogP contribution in [0.3, 0.4) is 0 Å². The monoisotopic (exact) mass is 341 g/mol. The largest absolute Gasteiger partial charge is 0.276 e. The van der Waals surface area contributed by atoms with E-state index >= 15 is 0 Å². The van der Waals surface area contributed by atoms with Crippen LogP contribution in [0.25, 0.3) is 0 Å². The summed E-state index contributed by atoms with van der Waals surface area (Å²) < 4.78 is 27.4. The molecule has 100 valence electrons. The first-order valence-electron chi connectivity index (χ1n) is 5.60. The Balaban J connectivity index is 2.23. The third kappa shape index (κ3) is 3.51. The highest BCUT2D eigenvalue weighted by molar-refractivity contribution is 9.10. The smallest absolute Gasteiger partial charge is 0.261 e. The van der Waals surface area contributed by atoms with Crippen molar-refractivity contribution >= 4 is 31.6 Å². The van der Waals surface area contributed by atoms with Gasteiger partial charge in [-0.2, -0.15) is 0 Å². The lowest BCUT2D eigenvalue weighted by Gasteiger charge is -2.07. The molecule has 1 aromatic carbocycles. The van der Waals surface area contributed by atoms with Crippen LogP contribution in [0.1, 0.15) is 12.7 Å². The molecule has 1 aromatic heterocycles. The highest BCUT2D eigenvalue weighted by Gasteiger charge is 2.14. The zero-order valence-corrected chi connectivity index (χ0v) is 12.6. The number of aromatic nitrogens is 2. The maximum Gasteiger partial charge on any atom is 0.261 e. The van der Waals surface area contributed by atoms with Crippen molar-refractivity contribution in [3.05, 3.63) is 47.0 Å². The average Bonchev–Trinajstić information content (AvgIpc) is 2.40. The molecule has 0 aliphatic rings. The van der Waals surface area contributed by atoms with E-state index in [1.807, 2.05) is 6.92 Å². The fourth-order valence-corrected chi connectivity index (χ4v) is 2.71. The Labute approximate surface area is 120 Å². The summed E-state index contributed by atoms with van der Waals surface area (Å²) >= 11 is 3.26. The second kappa shape index (κ2) is 5.66. The van der Waals surface area contributed by atoms with Gasteiger partial charge in [0.15, 0.2) is 0 Å². The fraction of sp³-hybridized carbons (Fsp3) is 0.167. The molecule has 0 saturated carbocycles. The molecule has 0 fully saturated rings. The molecule has 0 bridgehead atoms. The molecule has 0 amide bonds. The van der Waals surface area contributed by atoms with Crippen molar-refractivity contribution in [3.63, 3.8) is 0 Å². The average molecular weight is 342 g/mol. The Hall–Kier alpha value is -1.47. The number of sulfonamides is 1. The van der Waals surface area contributed by atoms with Crippen LogP contribution >= 0.6 is 15.9 Å². The maximum atomic E-state index is 12.1. The minimum atomic E-state index is -3.60. The van der Waals surface area contributed by atoms with Crippen molar-refractivity contribution in [2.75, 3.05) is 4.72 Å². The summed E-state index contributed by atoms with van der Waals surface area (Å²) in [4.78, 5) is 8.28. The number of nitrogens with one attached hydrogen (secondary N) is 1. The van der Waals surface area contributed by atoms with Gasteiger partial charge in [-0.15, -0.1) is 0 Å². The van der Waals surface area contributed by atoms with Crippen molar-refractivity contribution in [1.29, 1.82) is 0 Å². The molecular formula is C12H12BrN3O2S. The summed E-state index contributed by atoms with van der Waals surface area (Å²) in [5.74, 6) is 0.673. The molecule has 19 heavy (non-hydrogen) atoms. The van der Waals surface area contributed by atoms with Gasteiger partial charge in [0.2, 0.25) is 0 Å². The van der Waals surface area contributed by atoms with Gasteiger partial charge in [0.25, 0.3) is 10.0 Å². The molecule has 0 aliphatic heterocycles. The van der Waals surface area contributed by atoms with E-state index in [1.165, 1.54) is 24.5 Å². The molecule has 0 unspecified atom stereocenters. The van der Waals surface area contributed by atoms with Gasteiger partial charge in [0.1, 0.15) is 5.82 Å². The molecule has 0 radical (unpaired) electrons. The van der Waals surface area contributed by atoms with E-state index in [2.05, 4.69) is 30.6 Å². The number of halogens is 1. The van der Waals surface area contributed by atoms with Crippen LogP contribution in [0.5, 0.6) is 0 Å². The molecule has 1 heterocycles. The Morgan fingerprint density at radius 2 is 1.74 bits per heavy atom. The molecule has 5 nitrogen and oxygen atoms in total. The van der Waals surface area contributed by atoms with E-state index in [-0.39, 0.29) is 4.90 Å². The van der Waals surface area contributed by atoms with Crippen molar-refractivity contribution in [3.8, 4) is 0 Å². The summed E-state index contributed by atoms with van der Waals surface area (Å²) in [6, 6.07) is 6.39. The Morgan fingerprint density at radius 3 is 2.26 bits per heavy atom. The Morgan fingerprint density at radius 1 is 1.16 bits per heavy atom. The quantitative estimate of drug-likeness (QED) is 0.927. The number of rotatable bonds is 4. The summed E-state index contributed by atoms with van der Waals surface area (Å²) in [7, 11) is -3.60. The molecule has 2 aromatic rings. The van der Waals surface area contributed by atoms with Crippen LogP contribution < -0.4 is 4.72 Å². The van der Waals surface area contributed by atoms with E-state index in [4.69, 9.17) is 0 Å². The first-order valence-corrected chi connectivity index (χ1v) is 7.88. The van der Waals surface area contributed by atoms with Crippen molar-refractivity contribution in [2.45, 2.75) is 18.2 Å². The van der Waals surface area contributed by atoms with Gasteiger partial charge in [-0.25, -0.2) is 18.4 Å². The lowest BCUT2D eigenvalue weighted by molar-refractivity contribution is 0.601. The standard InChI is InChI=1S/C12H12BrN3O2S/c1-2-12-14-7-10(8-15-12)16-19(17,18)11-5-3-9(13)4-6-11/h3-8,16H,2H2,1H3. The Bertz CT molecular complexity index is 654. The number of benzene rings is 1. The number of aryl methyl sites for hydroxylation is 1. The molecule has 1 N–H and O–H groups in total. The highest BCUT2D eigenvalue weighted by atomic mass is 79.9. The minimum absolute atomic E-state index is 0.190. The number of nitrogens with zero attached hydrogens (tertiary/aromatic N) is 2. The molecule has 7 heteroatoms. The van der Waals surface area contributed by atoms with Crippen LogP contribution in [0.2, 0.25) is 0 Å². The van der Waals surface area contributed by atoms with Gasteiger partial charge in [0, 0.05) is 10.9 Å². The van der Waals surface area contributed by atoms with E-state index in [9.17, 15) is 8.42 Å². The second-order valence-electron chi connectivity index (χ2n) is 3.80. The van der Waals surface area contributed by atoms with E-state index in [1.54, 1.807) is 12.1 Å². The van der Waals surface area contributed by atoms with Gasteiger partial charge in [-0.3, -0.25) is 4.72 Å². The molecule has 0 atom stereocenters. The summed E-state index contributed by atoms with van der Waals surface area (Å²) in [6.45, 7) is 1.93. The summed E-state index contributed by atoms with van der Waals surface area (Å²) in [5.41, 5.74) is 0.347. The topological polar surface area (TPSA) is 72.0 Å². The zero-order chi connectivity index (χ0) is 13.9. The lowest BCUT2D eigenvalue weighted by atomic mass is 10.4. The van der Waals surface area contributed by atoms with Crippen molar-refractivity contribution in [2.24, 2.45) is 0 Å². The van der Waals surface area contributed by atoms with Crippen molar-refractivity contribution in [1.82, 2.24) is 9.97 Å². The van der Waals surface area contributed by atoms with Gasteiger partial charge in [0.05, 0.1) is 23.0 Å². The molecule has 0 saturated heterocycles. The fourth-order valence-electron chi connectivity index (χ4n) is 1.42. The zero-order valence-electron chi connectivity index (χ0n) is 10.2. The minimum Gasteiger partial charge on any atom is -0.276 e. The summed E-state index contributed by atoms with van der Waals surface area (Å²) in [5, 5.41) is 0. The van der Waals surface area contributed by atoms with Crippen LogP contribution in [0.15, 0.2) is 46.0 Å². The van der Waals surface area contributed by atoms with Gasteiger partial charge >= 0.3 is 0 Å². The number of hydrogen-bond donors (Lipinski definition) is 1. The van der Waals surface area contributed by atoms with Crippen LogP contribution in [-0.2, 0) is 16.4 Å². The number of anilines is 1. The first kappa shape index (κ1) is 14.0. The predicted octanol–water partition coefficient (Wildman–Crippen LogP) is 2.60. The maximum absolute atomic E-state index is 12.1. The molecular weight excluding hydrogens is 330 g/mol. The molecule has 0 aliphatic carbocycles. The molecule has 0 spiro atoms. The third-order valence-corrected chi connectivity index (χ3v) is 4.32. The molecule has 2 rings (SSSR count). The van der Waals surface area contributed by atoms with Crippen LogP contribution in [0.4, 0.5) is 5.69 Å². The lowest BCUT2D eigenvalue weighted by Crippen LogP contribution is -2.13. The normalized spacial score (nSPS) is 11.3. The van der Waals surface area contributed by atoms with Gasteiger partial charge in [-0.05, 0) is 24.3 Å². The second-order valence-corrected chi connectivity index (χ2v) is 6.40. The van der Waals surface area contributed by atoms with E-state index < -0.39 is 10.0 Å². The van der Waals surface area contributed by atoms with Gasteiger partial charge in [-0.1, -0.05) is 22.9 Å². The SMILES string of the molecule is CCc1ncc(NS(=O)(=O)c2ccc(Br)cc2)cn1. The van der Waals surface area contributed by atoms with Crippen LogP contribution in [0, 0.1) is 0 Å². The van der Waals surface area contributed by atoms with Crippen LogP contribution in [-0.4, -0.2) is 18.4 Å².